The van der Waals surface area contributed by atoms with Crippen molar-refractivity contribution in [1.82, 2.24) is 15.1 Å². The first-order valence-electron chi connectivity index (χ1n) is 10.3. The van der Waals surface area contributed by atoms with Crippen LogP contribution in [0, 0.1) is 11.8 Å². The minimum atomic E-state index is -4.14. The van der Waals surface area contributed by atoms with Crippen LogP contribution >= 0.6 is 0 Å². The maximum absolute atomic E-state index is 12.6. The van der Waals surface area contributed by atoms with Crippen LogP contribution in [0.5, 0.6) is 0 Å². The molecule has 0 aliphatic carbocycles. The van der Waals surface area contributed by atoms with E-state index in [-0.39, 0.29) is 5.92 Å². The van der Waals surface area contributed by atoms with Crippen LogP contribution in [-0.2, 0) is 9.47 Å². The average molecular weight is 409 g/mol. The molecule has 0 bridgehead atoms. The van der Waals surface area contributed by atoms with Gasteiger partial charge in [0.1, 0.15) is 0 Å². The fraction of sp³-hybridized carbons (Fsp3) is 0.947. The summed E-state index contributed by atoms with van der Waals surface area (Å²) in [5.74, 6) is 1.59. The average Bonchev–Trinajstić information content (AvgIpc) is 3.31. The summed E-state index contributed by atoms with van der Waals surface area (Å²) in [6.07, 6.45) is -1.28. The molecule has 1 N–H and O–H groups in total. The lowest BCUT2D eigenvalue weighted by Gasteiger charge is -2.26. The Morgan fingerprint density at radius 1 is 1.32 bits per heavy atom. The first-order valence-corrected chi connectivity index (χ1v) is 10.3. The van der Waals surface area contributed by atoms with E-state index in [9.17, 15) is 13.2 Å². The topological polar surface area (TPSA) is 49.3 Å². The first-order chi connectivity index (χ1) is 13.4. The Morgan fingerprint density at radius 2 is 2.14 bits per heavy atom. The van der Waals surface area contributed by atoms with Crippen LogP contribution in [0.15, 0.2) is 4.99 Å². The SMILES string of the molecule is CCN(CC1CCN(C(=NC)NCCCOCC2CCOC2)C1)CC(F)(F)F. The molecule has 0 amide bonds. The second kappa shape index (κ2) is 11.8. The van der Waals surface area contributed by atoms with Crippen molar-refractivity contribution in [3.8, 4) is 0 Å². The monoisotopic (exact) mass is 408 g/mol. The van der Waals surface area contributed by atoms with E-state index in [2.05, 4.69) is 15.2 Å². The Labute approximate surface area is 166 Å². The standard InChI is InChI=1S/C19H35F3N4O2/c1-3-25(15-19(20,21)22)11-16-5-8-26(12-16)18(23-2)24-7-4-9-27-13-17-6-10-28-14-17/h16-17H,3-15H2,1-2H3,(H,23,24). The summed E-state index contributed by atoms with van der Waals surface area (Å²) in [7, 11) is 1.74. The number of alkyl halides is 3. The van der Waals surface area contributed by atoms with Crippen molar-refractivity contribution in [3.63, 3.8) is 0 Å². The van der Waals surface area contributed by atoms with Gasteiger partial charge in [0, 0.05) is 52.4 Å². The Balaban J connectivity index is 1.61. The predicted molar refractivity (Wildman–Crippen MR) is 104 cm³/mol. The van der Waals surface area contributed by atoms with Crippen molar-refractivity contribution in [2.45, 2.75) is 32.4 Å². The highest BCUT2D eigenvalue weighted by atomic mass is 19.4. The molecule has 2 aliphatic heterocycles. The normalized spacial score (nSPS) is 23.8. The zero-order valence-corrected chi connectivity index (χ0v) is 17.1. The van der Waals surface area contributed by atoms with Gasteiger partial charge in [0.15, 0.2) is 5.96 Å². The zero-order valence-electron chi connectivity index (χ0n) is 17.1. The van der Waals surface area contributed by atoms with Gasteiger partial charge in [0.05, 0.1) is 19.8 Å². The van der Waals surface area contributed by atoms with Crippen molar-refractivity contribution in [2.24, 2.45) is 16.8 Å². The largest absolute Gasteiger partial charge is 0.401 e. The van der Waals surface area contributed by atoms with Gasteiger partial charge in [-0.1, -0.05) is 6.92 Å². The Bertz CT molecular complexity index is 471. The van der Waals surface area contributed by atoms with Gasteiger partial charge >= 0.3 is 6.18 Å². The van der Waals surface area contributed by atoms with Gasteiger partial charge in [-0.05, 0) is 31.7 Å². The molecule has 164 valence electrons. The number of rotatable bonds is 10. The van der Waals surface area contributed by atoms with Crippen LogP contribution in [0.4, 0.5) is 13.2 Å². The minimum absolute atomic E-state index is 0.234. The molecule has 28 heavy (non-hydrogen) atoms. The van der Waals surface area contributed by atoms with Gasteiger partial charge in [-0.15, -0.1) is 0 Å². The number of hydrogen-bond acceptors (Lipinski definition) is 4. The fourth-order valence-electron chi connectivity index (χ4n) is 3.77. The van der Waals surface area contributed by atoms with Crippen LogP contribution in [-0.4, -0.2) is 94.7 Å². The van der Waals surface area contributed by atoms with E-state index < -0.39 is 12.7 Å². The highest BCUT2D eigenvalue weighted by molar-refractivity contribution is 5.80. The van der Waals surface area contributed by atoms with Crippen LogP contribution < -0.4 is 5.32 Å². The molecule has 0 saturated carbocycles. The Morgan fingerprint density at radius 3 is 2.79 bits per heavy atom. The molecule has 0 aromatic heterocycles. The lowest BCUT2D eigenvalue weighted by molar-refractivity contribution is -0.146. The van der Waals surface area contributed by atoms with Gasteiger partial charge in [-0.3, -0.25) is 9.89 Å². The maximum atomic E-state index is 12.6. The Kier molecular flexibility index (Phi) is 9.81. The zero-order chi connectivity index (χ0) is 20.4. The maximum Gasteiger partial charge on any atom is 0.401 e. The molecule has 9 heteroatoms. The molecule has 2 aliphatic rings. The summed E-state index contributed by atoms with van der Waals surface area (Å²) in [6, 6.07) is 0. The molecular weight excluding hydrogens is 373 g/mol. The summed E-state index contributed by atoms with van der Waals surface area (Å²) in [6.45, 7) is 7.27. The number of likely N-dealkylation sites (tertiary alicyclic amines) is 1. The molecule has 0 aromatic carbocycles. The van der Waals surface area contributed by atoms with Gasteiger partial charge in [-0.25, -0.2) is 0 Å². The molecule has 0 spiro atoms. The summed E-state index contributed by atoms with van der Waals surface area (Å²) in [5.41, 5.74) is 0. The van der Waals surface area contributed by atoms with E-state index in [1.807, 2.05) is 0 Å². The number of nitrogens with zero attached hydrogens (tertiary/aromatic N) is 3. The van der Waals surface area contributed by atoms with E-state index >= 15 is 0 Å². The third kappa shape index (κ3) is 8.53. The number of ether oxygens (including phenoxy) is 2. The number of nitrogens with one attached hydrogen (secondary N) is 1. The van der Waals surface area contributed by atoms with Gasteiger partial charge in [-0.2, -0.15) is 13.2 Å². The van der Waals surface area contributed by atoms with Crippen molar-refractivity contribution < 1.29 is 22.6 Å². The predicted octanol–water partition coefficient (Wildman–Crippen LogP) is 2.21. The fourth-order valence-corrected chi connectivity index (χ4v) is 3.77. The highest BCUT2D eigenvalue weighted by Crippen LogP contribution is 2.21. The molecule has 2 unspecified atom stereocenters. The quantitative estimate of drug-likeness (QED) is 0.341. The lowest BCUT2D eigenvalue weighted by atomic mass is 10.1. The van der Waals surface area contributed by atoms with Crippen LogP contribution in [0.3, 0.4) is 0 Å². The molecule has 2 atom stereocenters. The van der Waals surface area contributed by atoms with Gasteiger partial charge in [0.2, 0.25) is 0 Å². The minimum Gasteiger partial charge on any atom is -0.381 e. The molecule has 2 fully saturated rings. The van der Waals surface area contributed by atoms with E-state index in [4.69, 9.17) is 9.47 Å². The van der Waals surface area contributed by atoms with E-state index in [0.29, 0.717) is 25.6 Å². The van der Waals surface area contributed by atoms with Crippen molar-refractivity contribution in [1.29, 1.82) is 0 Å². The number of halogens is 3. The molecule has 0 radical (unpaired) electrons. The van der Waals surface area contributed by atoms with Crippen molar-refractivity contribution >= 4 is 5.96 Å². The van der Waals surface area contributed by atoms with Crippen molar-refractivity contribution in [2.75, 3.05) is 72.7 Å². The lowest BCUT2D eigenvalue weighted by Crippen LogP contribution is -2.42. The summed E-state index contributed by atoms with van der Waals surface area (Å²) in [5, 5.41) is 3.34. The second-order valence-corrected chi connectivity index (χ2v) is 7.68. The smallest absolute Gasteiger partial charge is 0.381 e. The summed E-state index contributed by atoms with van der Waals surface area (Å²) < 4.78 is 49.0. The van der Waals surface area contributed by atoms with Gasteiger partial charge < -0.3 is 19.7 Å². The highest BCUT2D eigenvalue weighted by Gasteiger charge is 2.32. The molecule has 0 aromatic rings. The summed E-state index contributed by atoms with van der Waals surface area (Å²) in [4.78, 5) is 7.95. The van der Waals surface area contributed by atoms with Crippen LogP contribution in [0.1, 0.15) is 26.2 Å². The number of aliphatic imine (C=N–C) groups is 1. The molecule has 2 heterocycles. The van der Waals surface area contributed by atoms with Crippen LogP contribution in [0.25, 0.3) is 0 Å². The molecule has 2 saturated heterocycles. The number of hydrogen-bond donors (Lipinski definition) is 1. The second-order valence-electron chi connectivity index (χ2n) is 7.68. The van der Waals surface area contributed by atoms with E-state index in [0.717, 1.165) is 64.7 Å². The van der Waals surface area contributed by atoms with E-state index in [1.165, 1.54) is 4.90 Å². The third-order valence-corrected chi connectivity index (χ3v) is 5.29. The third-order valence-electron chi connectivity index (χ3n) is 5.29. The first kappa shape index (κ1) is 23.2. The van der Waals surface area contributed by atoms with Crippen molar-refractivity contribution in [3.05, 3.63) is 0 Å². The molecule has 2 rings (SSSR count). The van der Waals surface area contributed by atoms with Crippen LogP contribution in [0.2, 0.25) is 0 Å². The van der Waals surface area contributed by atoms with E-state index in [1.54, 1.807) is 14.0 Å². The van der Waals surface area contributed by atoms with Gasteiger partial charge in [0.25, 0.3) is 0 Å². The molecule has 6 nitrogen and oxygen atoms in total. The number of guanidine groups is 1. The molecular formula is C19H35F3N4O2. The Hall–Kier alpha value is -1.06. The summed E-state index contributed by atoms with van der Waals surface area (Å²) >= 11 is 0.